The van der Waals surface area contributed by atoms with Crippen molar-refractivity contribution in [1.82, 2.24) is 14.5 Å². The summed E-state index contributed by atoms with van der Waals surface area (Å²) < 4.78 is 11.6. The molecule has 1 N–H and O–H groups in total. The third-order valence-corrected chi connectivity index (χ3v) is 12.5. The van der Waals surface area contributed by atoms with E-state index in [1.807, 2.05) is 86.8 Å². The first-order valence-electron chi connectivity index (χ1n) is 23.1. The predicted octanol–water partition coefficient (Wildman–Crippen LogP) is 16.4. The van der Waals surface area contributed by atoms with Gasteiger partial charge in [0.25, 0.3) is 0 Å². The van der Waals surface area contributed by atoms with Crippen molar-refractivity contribution in [2.75, 3.05) is 0 Å². The number of pyridine rings is 1. The molecule has 0 radical (unpaired) electrons. The number of hydrogen-bond donors (Lipinski definition) is 1. The number of para-hydroxylation sites is 2. The Morgan fingerprint density at radius 3 is 1.63 bits per heavy atom. The molecule has 2 heterocycles. The minimum absolute atomic E-state index is 0. The van der Waals surface area contributed by atoms with Crippen LogP contribution in [-0.4, -0.2) is 19.6 Å². The number of nitrogens with zero attached hydrogens (tertiary/aromatic N) is 3. The average Bonchev–Trinajstić information content (AvgIpc) is 3.78. The van der Waals surface area contributed by atoms with Gasteiger partial charge in [0.15, 0.2) is 0 Å². The fourth-order valence-electron chi connectivity index (χ4n) is 9.19. The zero-order chi connectivity index (χ0) is 46.2. The molecule has 11 aromatic rings. The molecule has 0 aliphatic rings. The molecule has 0 aliphatic heterocycles. The Kier molecular flexibility index (Phi) is 12.0. The van der Waals surface area contributed by atoms with Crippen molar-refractivity contribution in [1.29, 1.82) is 0 Å². The van der Waals surface area contributed by atoms with Gasteiger partial charge in [0, 0.05) is 39.9 Å². The summed E-state index contributed by atoms with van der Waals surface area (Å²) >= 11 is 0. The van der Waals surface area contributed by atoms with Gasteiger partial charge in [0.1, 0.15) is 11.6 Å². The van der Waals surface area contributed by atoms with Crippen LogP contribution in [0.2, 0.25) is 0 Å². The minimum atomic E-state index is -0.920. The van der Waals surface area contributed by atoms with Crippen LogP contribution in [0, 0.1) is 6.07 Å². The van der Waals surface area contributed by atoms with Gasteiger partial charge in [-0.2, -0.15) is 0 Å². The van der Waals surface area contributed by atoms with Crippen molar-refractivity contribution in [3.8, 4) is 101 Å². The predicted molar refractivity (Wildman–Crippen MR) is 277 cm³/mol. The van der Waals surface area contributed by atoms with E-state index in [2.05, 4.69) is 162 Å². The van der Waals surface area contributed by atoms with E-state index < -0.39 is 5.89 Å². The molecule has 4 nitrogen and oxygen atoms in total. The van der Waals surface area contributed by atoms with E-state index in [0.717, 1.165) is 89.2 Å². The van der Waals surface area contributed by atoms with Gasteiger partial charge in [-0.25, -0.2) is 4.98 Å². The number of hydrogen-bond acceptors (Lipinski definition) is 3. The fourth-order valence-corrected chi connectivity index (χ4v) is 9.19. The first-order chi connectivity index (χ1) is 33.3. The molecule has 11 rings (SSSR count). The number of aromatic hydroxyl groups is 1. The van der Waals surface area contributed by atoms with Crippen molar-refractivity contribution in [2.45, 2.75) is 19.7 Å². The zero-order valence-corrected chi connectivity index (χ0v) is 39.8. The Balaban J connectivity index is 0.00000553. The number of benzene rings is 9. The number of rotatable bonds is 10. The summed E-state index contributed by atoms with van der Waals surface area (Å²) in [5, 5.41) is 11.6. The van der Waals surface area contributed by atoms with Crippen LogP contribution < -0.4 is 0 Å². The molecule has 0 fully saturated rings. The standard InChI is InChI=1S/C63H46N3O.Pt/c1-42(2)55-40-57(48-24-13-6-14-25-48)60(41-56(55)47-22-11-5-12-23-47)66-59-28-17-27-53(62(59)65-63(66)54-26-15-16-29-61(54)67)51-36-50(44-20-9-4-10-21-44)37-52(38-51)58-39-49(34-35-64-58)46-32-30-45(31-33-46)43-18-7-3-8-19-43;/h3-37,39-42,67H,1-2H3;/q-1;/i42D;. The van der Waals surface area contributed by atoms with Gasteiger partial charge in [-0.1, -0.05) is 206 Å². The molecule has 0 unspecified atom stereocenters. The molecule has 0 spiro atoms. The first-order valence-corrected chi connectivity index (χ1v) is 22.6. The maximum atomic E-state index is 11.6. The van der Waals surface area contributed by atoms with E-state index in [9.17, 15) is 6.48 Å². The van der Waals surface area contributed by atoms with Crippen LogP contribution >= 0.6 is 0 Å². The van der Waals surface area contributed by atoms with Crippen LogP contribution in [0.1, 0.15) is 26.7 Å². The van der Waals surface area contributed by atoms with Gasteiger partial charge in [0.2, 0.25) is 0 Å². The molecule has 0 atom stereocenters. The Morgan fingerprint density at radius 2 is 1.00 bits per heavy atom. The molecular formula is C63H46N3OPt-. The number of phenolic OH excluding ortho intramolecular Hbond substituents is 1. The van der Waals surface area contributed by atoms with Crippen LogP contribution in [0.4, 0.5) is 0 Å². The molecule has 0 saturated heterocycles. The van der Waals surface area contributed by atoms with Crippen LogP contribution in [0.5, 0.6) is 5.75 Å². The largest absolute Gasteiger partial charge is 0.507 e. The van der Waals surface area contributed by atoms with Crippen molar-refractivity contribution < 1.29 is 27.5 Å². The smallest absolute Gasteiger partial charge is 0.148 e. The van der Waals surface area contributed by atoms with Crippen molar-refractivity contribution in [3.05, 3.63) is 242 Å². The monoisotopic (exact) mass is 1060 g/mol. The SMILES string of the molecule is [2H]C(C)(C)c1cc(-c2ccccc2)c(-n2c(-c3ccccc3O)nc3c(-c4[c-]c(-c5cc(-c6ccc(-c7ccccc7)cc6)ccn5)cc(-c5ccccc5)c4)cccc32)cc1-c1ccccc1.[Pt]. The molecule has 2 aromatic heterocycles. The Labute approximate surface area is 413 Å². The summed E-state index contributed by atoms with van der Waals surface area (Å²) in [5.74, 6) is -0.206. The summed E-state index contributed by atoms with van der Waals surface area (Å²) in [6, 6.07) is 80.6. The van der Waals surface area contributed by atoms with Crippen LogP contribution in [0.3, 0.4) is 0 Å². The maximum absolute atomic E-state index is 11.6. The van der Waals surface area contributed by atoms with Gasteiger partial charge in [-0.3, -0.25) is 9.55 Å². The Morgan fingerprint density at radius 1 is 0.471 bits per heavy atom. The third-order valence-electron chi connectivity index (χ3n) is 12.5. The minimum Gasteiger partial charge on any atom is -0.507 e. The fraction of sp³-hybridized carbons (Fsp3) is 0.0476. The average molecular weight is 1060 g/mol. The summed E-state index contributed by atoms with van der Waals surface area (Å²) in [6.45, 7) is 3.89. The molecule has 0 bridgehead atoms. The second-order valence-corrected chi connectivity index (χ2v) is 17.0. The quantitative estimate of drug-likeness (QED) is 0.139. The summed E-state index contributed by atoms with van der Waals surface area (Å²) in [5.41, 5.74) is 17.9. The summed E-state index contributed by atoms with van der Waals surface area (Å²) in [7, 11) is 0. The second-order valence-electron chi connectivity index (χ2n) is 17.0. The molecular weight excluding hydrogens is 1010 g/mol. The van der Waals surface area contributed by atoms with Gasteiger partial charge in [0.05, 0.1) is 22.3 Å². The topological polar surface area (TPSA) is 50.9 Å². The molecule has 5 heteroatoms. The molecule has 0 aliphatic carbocycles. The normalized spacial score (nSPS) is 11.5. The second kappa shape index (κ2) is 19.1. The molecule has 68 heavy (non-hydrogen) atoms. The van der Waals surface area contributed by atoms with Crippen LogP contribution in [0.25, 0.3) is 106 Å². The van der Waals surface area contributed by atoms with Crippen molar-refractivity contribution in [3.63, 3.8) is 0 Å². The number of aromatic nitrogens is 3. The van der Waals surface area contributed by atoms with E-state index in [4.69, 9.17) is 9.97 Å². The zero-order valence-electron chi connectivity index (χ0n) is 38.5. The number of phenols is 1. The van der Waals surface area contributed by atoms with E-state index in [-0.39, 0.29) is 26.8 Å². The molecule has 330 valence electrons. The van der Waals surface area contributed by atoms with Crippen LogP contribution in [-0.2, 0) is 21.1 Å². The van der Waals surface area contributed by atoms with Crippen molar-refractivity contribution in [2.24, 2.45) is 0 Å². The van der Waals surface area contributed by atoms with Gasteiger partial charge >= 0.3 is 0 Å². The first kappa shape index (κ1) is 42.7. The number of fused-ring (bicyclic) bond motifs is 1. The Hall–Kier alpha value is -7.91. The van der Waals surface area contributed by atoms with Crippen LogP contribution in [0.15, 0.2) is 231 Å². The number of imidazole rings is 1. The summed E-state index contributed by atoms with van der Waals surface area (Å²) in [6.07, 6.45) is 1.88. The van der Waals surface area contributed by atoms with Gasteiger partial charge in [-0.15, -0.1) is 23.8 Å². The van der Waals surface area contributed by atoms with E-state index in [0.29, 0.717) is 11.4 Å². The molecule has 9 aromatic carbocycles. The van der Waals surface area contributed by atoms with Gasteiger partial charge < -0.3 is 5.11 Å². The maximum Gasteiger partial charge on any atom is 0.148 e. The van der Waals surface area contributed by atoms with E-state index in [1.54, 1.807) is 6.07 Å². The van der Waals surface area contributed by atoms with E-state index in [1.165, 1.54) is 11.1 Å². The van der Waals surface area contributed by atoms with Gasteiger partial charge in [-0.05, 0) is 92.4 Å². The van der Waals surface area contributed by atoms with Crippen molar-refractivity contribution >= 4 is 11.0 Å². The summed E-state index contributed by atoms with van der Waals surface area (Å²) in [4.78, 5) is 10.5. The Bertz CT molecular complexity index is 3590. The molecule has 0 amide bonds. The third kappa shape index (κ3) is 8.52. The molecule has 0 saturated carbocycles. The van der Waals surface area contributed by atoms with E-state index >= 15 is 0 Å².